The number of esters is 1. The summed E-state index contributed by atoms with van der Waals surface area (Å²) in [6.45, 7) is 0. The molecule has 1 N–H and O–H groups in total. The SMILES string of the molecule is COC(=O)C(O)C1=CCCCCCC1. The minimum atomic E-state index is -1.04. The summed E-state index contributed by atoms with van der Waals surface area (Å²) < 4.78 is 4.51. The van der Waals surface area contributed by atoms with Crippen LogP contribution in [-0.4, -0.2) is 24.3 Å². The second-order valence-corrected chi connectivity index (χ2v) is 3.66. The Balaban J connectivity index is 2.58. The van der Waals surface area contributed by atoms with Crippen LogP contribution in [0.1, 0.15) is 38.5 Å². The third-order valence-corrected chi connectivity index (χ3v) is 2.60. The fourth-order valence-electron chi connectivity index (χ4n) is 1.73. The van der Waals surface area contributed by atoms with E-state index in [1.54, 1.807) is 0 Å². The first-order valence-corrected chi connectivity index (χ1v) is 5.20. The third kappa shape index (κ3) is 3.14. The molecule has 0 heterocycles. The molecule has 0 radical (unpaired) electrons. The molecule has 3 nitrogen and oxygen atoms in total. The predicted octanol–water partition coefficient (Wildman–Crippen LogP) is 1.80. The van der Waals surface area contributed by atoms with E-state index in [2.05, 4.69) is 4.74 Å². The molecule has 3 heteroatoms. The normalized spacial score (nSPS) is 20.3. The summed E-state index contributed by atoms with van der Waals surface area (Å²) in [4.78, 5) is 11.1. The zero-order chi connectivity index (χ0) is 10.4. The highest BCUT2D eigenvalue weighted by Crippen LogP contribution is 2.19. The van der Waals surface area contributed by atoms with Crippen molar-refractivity contribution >= 4 is 5.97 Å². The Morgan fingerprint density at radius 3 is 2.86 bits per heavy atom. The van der Waals surface area contributed by atoms with Gasteiger partial charge in [0.05, 0.1) is 7.11 Å². The number of hydrogen-bond donors (Lipinski definition) is 1. The first-order valence-electron chi connectivity index (χ1n) is 5.20. The minimum Gasteiger partial charge on any atom is -0.467 e. The first kappa shape index (κ1) is 11.2. The van der Waals surface area contributed by atoms with Crippen molar-refractivity contribution in [2.24, 2.45) is 0 Å². The molecule has 1 rings (SSSR count). The van der Waals surface area contributed by atoms with Gasteiger partial charge < -0.3 is 9.84 Å². The van der Waals surface area contributed by atoms with Crippen molar-refractivity contribution in [2.75, 3.05) is 7.11 Å². The maximum Gasteiger partial charge on any atom is 0.339 e. The average Bonchev–Trinajstić information content (AvgIpc) is 2.15. The number of ether oxygens (including phenoxy) is 1. The van der Waals surface area contributed by atoms with Crippen LogP contribution < -0.4 is 0 Å². The molecular weight excluding hydrogens is 180 g/mol. The van der Waals surface area contributed by atoms with Crippen LogP contribution in [0.15, 0.2) is 11.6 Å². The fourth-order valence-corrected chi connectivity index (χ4v) is 1.73. The smallest absolute Gasteiger partial charge is 0.339 e. The molecule has 0 aromatic carbocycles. The van der Waals surface area contributed by atoms with E-state index < -0.39 is 12.1 Å². The van der Waals surface area contributed by atoms with Gasteiger partial charge in [0.1, 0.15) is 0 Å². The van der Waals surface area contributed by atoms with Crippen molar-refractivity contribution in [3.63, 3.8) is 0 Å². The van der Waals surface area contributed by atoms with Gasteiger partial charge in [0.2, 0.25) is 0 Å². The molecule has 1 aliphatic carbocycles. The van der Waals surface area contributed by atoms with Gasteiger partial charge in [-0.25, -0.2) is 4.79 Å². The highest BCUT2D eigenvalue weighted by Gasteiger charge is 2.20. The number of aliphatic hydroxyl groups excluding tert-OH is 1. The largest absolute Gasteiger partial charge is 0.467 e. The molecule has 0 saturated carbocycles. The van der Waals surface area contributed by atoms with E-state index in [-0.39, 0.29) is 0 Å². The lowest BCUT2D eigenvalue weighted by atomic mass is 9.96. The molecule has 1 unspecified atom stereocenters. The quantitative estimate of drug-likeness (QED) is 0.543. The molecule has 0 bridgehead atoms. The maximum atomic E-state index is 11.1. The van der Waals surface area contributed by atoms with E-state index >= 15 is 0 Å². The lowest BCUT2D eigenvalue weighted by molar-refractivity contribution is -0.148. The maximum absolute atomic E-state index is 11.1. The van der Waals surface area contributed by atoms with Crippen molar-refractivity contribution < 1.29 is 14.6 Å². The van der Waals surface area contributed by atoms with Gasteiger partial charge in [-0.3, -0.25) is 0 Å². The highest BCUT2D eigenvalue weighted by molar-refractivity contribution is 5.77. The molecular formula is C11H18O3. The summed E-state index contributed by atoms with van der Waals surface area (Å²) in [6.07, 6.45) is 7.36. The number of aliphatic hydroxyl groups is 1. The van der Waals surface area contributed by atoms with Crippen LogP contribution >= 0.6 is 0 Å². The Bertz CT molecular complexity index is 221. The van der Waals surface area contributed by atoms with Crippen LogP contribution in [-0.2, 0) is 9.53 Å². The average molecular weight is 198 g/mol. The molecule has 0 aliphatic heterocycles. The molecule has 0 fully saturated rings. The Hall–Kier alpha value is -0.830. The van der Waals surface area contributed by atoms with Gasteiger partial charge >= 0.3 is 5.97 Å². The van der Waals surface area contributed by atoms with Gasteiger partial charge in [0.15, 0.2) is 6.10 Å². The summed E-state index contributed by atoms with van der Waals surface area (Å²) in [6, 6.07) is 0. The van der Waals surface area contributed by atoms with E-state index in [1.807, 2.05) is 6.08 Å². The Labute approximate surface area is 84.8 Å². The van der Waals surface area contributed by atoms with Crippen molar-refractivity contribution in [3.05, 3.63) is 11.6 Å². The molecule has 0 aromatic heterocycles. The summed E-state index contributed by atoms with van der Waals surface area (Å²) in [5.41, 5.74) is 0.830. The second-order valence-electron chi connectivity index (χ2n) is 3.66. The lowest BCUT2D eigenvalue weighted by Gasteiger charge is -2.15. The van der Waals surface area contributed by atoms with E-state index in [0.717, 1.165) is 31.3 Å². The van der Waals surface area contributed by atoms with Gasteiger partial charge in [-0.2, -0.15) is 0 Å². The van der Waals surface area contributed by atoms with Crippen molar-refractivity contribution in [2.45, 2.75) is 44.6 Å². The molecule has 14 heavy (non-hydrogen) atoms. The topological polar surface area (TPSA) is 46.5 Å². The van der Waals surface area contributed by atoms with E-state index in [9.17, 15) is 9.90 Å². The summed E-state index contributed by atoms with van der Waals surface area (Å²) in [5.74, 6) is -0.545. The molecule has 0 spiro atoms. The Kier molecular flexibility index (Phi) is 4.66. The number of hydrogen-bond acceptors (Lipinski definition) is 3. The minimum absolute atomic E-state index is 0.545. The zero-order valence-corrected chi connectivity index (χ0v) is 8.66. The van der Waals surface area contributed by atoms with Crippen molar-refractivity contribution in [1.82, 2.24) is 0 Å². The van der Waals surface area contributed by atoms with Crippen LogP contribution in [0.3, 0.4) is 0 Å². The van der Waals surface area contributed by atoms with Crippen LogP contribution in [0.2, 0.25) is 0 Å². The summed E-state index contributed by atoms with van der Waals surface area (Å²) in [5, 5.41) is 9.62. The molecule has 1 atom stereocenters. The van der Waals surface area contributed by atoms with Crippen LogP contribution in [0, 0.1) is 0 Å². The Morgan fingerprint density at radius 1 is 1.43 bits per heavy atom. The van der Waals surface area contributed by atoms with E-state index in [0.29, 0.717) is 0 Å². The molecule has 80 valence electrons. The molecule has 1 aliphatic rings. The zero-order valence-electron chi connectivity index (χ0n) is 8.66. The van der Waals surface area contributed by atoms with E-state index in [1.165, 1.54) is 20.0 Å². The summed E-state index contributed by atoms with van der Waals surface area (Å²) in [7, 11) is 1.30. The fraction of sp³-hybridized carbons (Fsp3) is 0.727. The van der Waals surface area contributed by atoms with Crippen LogP contribution in [0.25, 0.3) is 0 Å². The van der Waals surface area contributed by atoms with Crippen LogP contribution in [0.4, 0.5) is 0 Å². The van der Waals surface area contributed by atoms with Crippen molar-refractivity contribution in [3.8, 4) is 0 Å². The van der Waals surface area contributed by atoms with Gasteiger partial charge in [-0.1, -0.05) is 18.9 Å². The molecule has 0 saturated heterocycles. The third-order valence-electron chi connectivity index (χ3n) is 2.60. The number of rotatable bonds is 2. The number of allylic oxidation sites excluding steroid dienone is 1. The van der Waals surface area contributed by atoms with Gasteiger partial charge in [0, 0.05) is 0 Å². The second kappa shape index (κ2) is 5.81. The molecule has 0 amide bonds. The monoisotopic (exact) mass is 198 g/mol. The molecule has 0 aromatic rings. The standard InChI is InChI=1S/C11H18O3/c1-14-11(13)10(12)9-7-5-3-2-4-6-8-9/h7,10,12H,2-6,8H2,1H3. The highest BCUT2D eigenvalue weighted by atomic mass is 16.5. The summed E-state index contributed by atoms with van der Waals surface area (Å²) >= 11 is 0. The van der Waals surface area contributed by atoms with Gasteiger partial charge in [0.25, 0.3) is 0 Å². The van der Waals surface area contributed by atoms with Crippen molar-refractivity contribution in [1.29, 1.82) is 0 Å². The lowest BCUT2D eigenvalue weighted by Crippen LogP contribution is -2.24. The number of carbonyl (C=O) groups excluding carboxylic acids is 1. The van der Waals surface area contributed by atoms with E-state index in [4.69, 9.17) is 0 Å². The predicted molar refractivity (Wildman–Crippen MR) is 53.8 cm³/mol. The van der Waals surface area contributed by atoms with Crippen LogP contribution in [0.5, 0.6) is 0 Å². The number of carbonyl (C=O) groups is 1. The first-order chi connectivity index (χ1) is 6.75. The van der Waals surface area contributed by atoms with Gasteiger partial charge in [-0.15, -0.1) is 0 Å². The van der Waals surface area contributed by atoms with Gasteiger partial charge in [-0.05, 0) is 31.3 Å². The number of methoxy groups -OCH3 is 1. The Morgan fingerprint density at radius 2 is 2.14 bits per heavy atom.